The third-order valence-corrected chi connectivity index (χ3v) is 7.73. The Morgan fingerprint density at radius 1 is 1.05 bits per heavy atom. The predicted octanol–water partition coefficient (Wildman–Crippen LogP) is 4.03. The number of anilines is 1. The van der Waals surface area contributed by atoms with Crippen molar-refractivity contribution < 1.29 is 18.7 Å². The lowest BCUT2D eigenvalue weighted by Gasteiger charge is -2.31. The summed E-state index contributed by atoms with van der Waals surface area (Å²) in [7, 11) is 0. The third kappa shape index (κ3) is 3.65. The molecule has 194 valence electrons. The molecule has 7 rings (SSSR count). The minimum atomic E-state index is -0.574. The number of piperidine rings is 1. The van der Waals surface area contributed by atoms with Gasteiger partial charge in [0.1, 0.15) is 16.8 Å². The summed E-state index contributed by atoms with van der Waals surface area (Å²) < 4.78 is 29.4. The zero-order valence-electron chi connectivity index (χ0n) is 20.8. The number of ether oxygens (including phenoxy) is 2. The van der Waals surface area contributed by atoms with Crippen molar-refractivity contribution in [3.05, 3.63) is 70.3 Å². The lowest BCUT2D eigenvalue weighted by molar-refractivity contribution is 0.0302. The van der Waals surface area contributed by atoms with Gasteiger partial charge in [0, 0.05) is 30.7 Å². The molecule has 2 fully saturated rings. The molecule has 3 aliphatic rings. The van der Waals surface area contributed by atoms with E-state index in [0.717, 1.165) is 42.4 Å². The van der Waals surface area contributed by atoms with Crippen molar-refractivity contribution in [3.63, 3.8) is 0 Å². The molecule has 9 heteroatoms. The second-order valence-corrected chi connectivity index (χ2v) is 10.0. The number of pyridine rings is 1. The maximum absolute atomic E-state index is 15.8. The Morgan fingerprint density at radius 2 is 1.84 bits per heavy atom. The highest BCUT2D eigenvalue weighted by Crippen LogP contribution is 2.47. The van der Waals surface area contributed by atoms with Gasteiger partial charge in [0.15, 0.2) is 17.3 Å². The molecule has 0 aliphatic carbocycles. The molecule has 2 N–H and O–H groups in total. The molecule has 38 heavy (non-hydrogen) atoms. The van der Waals surface area contributed by atoms with E-state index < -0.39 is 11.2 Å². The molecule has 0 radical (unpaired) electrons. The number of hydrogen-bond acceptors (Lipinski definition) is 6. The molecule has 1 aromatic heterocycles. The van der Waals surface area contributed by atoms with Crippen LogP contribution in [0.3, 0.4) is 0 Å². The van der Waals surface area contributed by atoms with Gasteiger partial charge < -0.3 is 29.6 Å². The number of benzene rings is 3. The largest absolute Gasteiger partial charge is 0.451 e. The molecule has 0 spiro atoms. The van der Waals surface area contributed by atoms with E-state index in [4.69, 9.17) is 9.47 Å². The predicted molar refractivity (Wildman–Crippen MR) is 143 cm³/mol. The van der Waals surface area contributed by atoms with E-state index in [2.05, 4.69) is 10.6 Å². The van der Waals surface area contributed by atoms with Crippen LogP contribution in [0.25, 0.3) is 27.4 Å². The van der Waals surface area contributed by atoms with Crippen LogP contribution in [0.1, 0.15) is 23.2 Å². The van der Waals surface area contributed by atoms with Crippen molar-refractivity contribution in [2.24, 2.45) is 0 Å². The van der Waals surface area contributed by atoms with Crippen molar-refractivity contribution in [1.29, 1.82) is 0 Å². The van der Waals surface area contributed by atoms with E-state index in [1.807, 2.05) is 41.0 Å². The van der Waals surface area contributed by atoms with Gasteiger partial charge in [-0.05, 0) is 43.5 Å². The molecular weight excluding hydrogens is 487 g/mol. The minimum Gasteiger partial charge on any atom is -0.451 e. The molecule has 1 amide bonds. The Balaban J connectivity index is 1.50. The number of amides is 1. The van der Waals surface area contributed by atoms with E-state index >= 15 is 4.39 Å². The number of nitrogens with zero attached hydrogens (tertiary/aromatic N) is 2. The SMILES string of the molecule is O=C(c1cn2c3c(c(NC4CCNCC4)c(F)cc3c1=O)Oc1ccc3ccccc3c1-2)N1CCOCC1. The zero-order valence-corrected chi connectivity index (χ0v) is 20.8. The first-order chi connectivity index (χ1) is 18.6. The van der Waals surface area contributed by atoms with Crippen molar-refractivity contribution in [3.8, 4) is 17.2 Å². The van der Waals surface area contributed by atoms with Crippen LogP contribution in [0.2, 0.25) is 0 Å². The Bertz CT molecular complexity index is 1650. The average Bonchev–Trinajstić information content (AvgIpc) is 2.96. The van der Waals surface area contributed by atoms with E-state index in [-0.39, 0.29) is 34.3 Å². The minimum absolute atomic E-state index is 0.00426. The zero-order chi connectivity index (χ0) is 25.8. The topological polar surface area (TPSA) is 84.8 Å². The number of halogens is 1. The summed E-state index contributed by atoms with van der Waals surface area (Å²) in [5, 5.41) is 8.68. The highest BCUT2D eigenvalue weighted by molar-refractivity contribution is 6.04. The summed E-state index contributed by atoms with van der Waals surface area (Å²) in [6.45, 7) is 3.32. The number of morpholine rings is 1. The van der Waals surface area contributed by atoms with Gasteiger partial charge in [-0.15, -0.1) is 0 Å². The van der Waals surface area contributed by atoms with Crippen LogP contribution < -0.4 is 20.8 Å². The van der Waals surface area contributed by atoms with Crippen LogP contribution >= 0.6 is 0 Å². The van der Waals surface area contributed by atoms with Crippen LogP contribution in [0, 0.1) is 5.82 Å². The molecule has 0 atom stereocenters. The van der Waals surface area contributed by atoms with Crippen molar-refractivity contribution in [2.75, 3.05) is 44.7 Å². The van der Waals surface area contributed by atoms with Gasteiger partial charge in [-0.25, -0.2) is 4.39 Å². The number of carbonyl (C=O) groups excluding carboxylic acids is 1. The van der Waals surface area contributed by atoms with Crippen LogP contribution in [0.4, 0.5) is 10.1 Å². The molecule has 2 saturated heterocycles. The number of hydrogen-bond donors (Lipinski definition) is 2. The van der Waals surface area contributed by atoms with E-state index in [1.54, 1.807) is 11.1 Å². The molecule has 3 aromatic carbocycles. The number of fused-ring (bicyclic) bond motifs is 4. The smallest absolute Gasteiger partial charge is 0.259 e. The van der Waals surface area contributed by atoms with Crippen molar-refractivity contribution >= 4 is 33.3 Å². The molecule has 0 saturated carbocycles. The summed E-state index contributed by atoms with van der Waals surface area (Å²) in [6.07, 6.45) is 3.29. The summed E-state index contributed by atoms with van der Waals surface area (Å²) >= 11 is 0. The maximum Gasteiger partial charge on any atom is 0.259 e. The Kier molecular flexibility index (Phi) is 5.56. The lowest BCUT2D eigenvalue weighted by atomic mass is 10.0. The molecule has 4 heterocycles. The summed E-state index contributed by atoms with van der Waals surface area (Å²) in [6, 6.07) is 13.0. The number of aromatic nitrogens is 1. The maximum atomic E-state index is 15.8. The van der Waals surface area contributed by atoms with Crippen LogP contribution in [-0.4, -0.2) is 60.8 Å². The van der Waals surface area contributed by atoms with Gasteiger partial charge in [-0.2, -0.15) is 0 Å². The average molecular weight is 515 g/mol. The van der Waals surface area contributed by atoms with Crippen LogP contribution in [-0.2, 0) is 4.74 Å². The fourth-order valence-corrected chi connectivity index (χ4v) is 5.77. The van der Waals surface area contributed by atoms with Gasteiger partial charge >= 0.3 is 0 Å². The standard InChI is InChI=1S/C29H27FN4O4/c30-22-15-20-26-28(24(22)32-18-7-9-31-10-8-18)38-23-6-5-17-3-1-2-4-19(17)25(23)34(26)16-21(27(20)35)29(36)33-11-13-37-14-12-33/h1-6,15-16,18,31-32H,7-14H2. The van der Waals surface area contributed by atoms with Crippen LogP contribution in [0.5, 0.6) is 11.5 Å². The Hall–Kier alpha value is -3.95. The van der Waals surface area contributed by atoms with Gasteiger partial charge in [0.05, 0.1) is 24.3 Å². The van der Waals surface area contributed by atoms with E-state index in [9.17, 15) is 9.59 Å². The molecule has 3 aliphatic heterocycles. The molecule has 8 nitrogen and oxygen atoms in total. The fraction of sp³-hybridized carbons (Fsp3) is 0.310. The number of rotatable bonds is 3. The Morgan fingerprint density at radius 3 is 2.66 bits per heavy atom. The number of carbonyl (C=O) groups is 1. The van der Waals surface area contributed by atoms with Gasteiger partial charge in [0.2, 0.25) is 5.43 Å². The quantitative estimate of drug-likeness (QED) is 0.378. The third-order valence-electron chi connectivity index (χ3n) is 7.73. The number of nitrogens with one attached hydrogen (secondary N) is 2. The second kappa shape index (κ2) is 9.11. The fourth-order valence-electron chi connectivity index (χ4n) is 5.77. The van der Waals surface area contributed by atoms with Crippen molar-refractivity contribution in [2.45, 2.75) is 18.9 Å². The van der Waals surface area contributed by atoms with Crippen LogP contribution in [0.15, 0.2) is 53.5 Å². The highest BCUT2D eigenvalue weighted by Gasteiger charge is 2.31. The van der Waals surface area contributed by atoms with E-state index in [1.165, 1.54) is 6.07 Å². The summed E-state index contributed by atoms with van der Waals surface area (Å²) in [5.41, 5.74) is 0.910. The lowest BCUT2D eigenvalue weighted by Crippen LogP contribution is -2.42. The first-order valence-electron chi connectivity index (χ1n) is 13.1. The van der Waals surface area contributed by atoms with Gasteiger partial charge in [-0.1, -0.05) is 30.3 Å². The summed E-state index contributed by atoms with van der Waals surface area (Å²) in [5.74, 6) is -0.153. The normalized spacial score (nSPS) is 17.3. The first kappa shape index (κ1) is 23.2. The highest BCUT2D eigenvalue weighted by atomic mass is 19.1. The second-order valence-electron chi connectivity index (χ2n) is 10.0. The molecule has 0 bridgehead atoms. The van der Waals surface area contributed by atoms with Gasteiger partial charge in [0.25, 0.3) is 5.91 Å². The molecule has 4 aromatic rings. The Labute approximate surface area is 217 Å². The molecular formula is C29H27FN4O4. The van der Waals surface area contributed by atoms with Gasteiger partial charge in [-0.3, -0.25) is 9.59 Å². The van der Waals surface area contributed by atoms with E-state index in [0.29, 0.717) is 37.6 Å². The van der Waals surface area contributed by atoms with Crippen molar-refractivity contribution in [1.82, 2.24) is 14.8 Å². The molecule has 0 unspecified atom stereocenters. The summed E-state index contributed by atoms with van der Waals surface area (Å²) in [4.78, 5) is 28.9. The monoisotopic (exact) mass is 514 g/mol. The first-order valence-corrected chi connectivity index (χ1v) is 13.1.